The lowest BCUT2D eigenvalue weighted by Crippen LogP contribution is -2.51. The van der Waals surface area contributed by atoms with Crippen LogP contribution in [0, 0.1) is 5.82 Å². The number of hydrogen-bond acceptors (Lipinski definition) is 3. The van der Waals surface area contributed by atoms with Gasteiger partial charge in [-0.15, -0.1) is 0 Å². The molecule has 1 N–H and O–H groups in total. The molecule has 2 aromatic rings. The molecule has 0 aliphatic rings. The average Bonchev–Trinajstić information content (AvgIpc) is 2.61. The molecule has 2 rings (SSSR count). The summed E-state index contributed by atoms with van der Waals surface area (Å²) < 4.78 is 41.6. The molecule has 8 heteroatoms. The Morgan fingerprint density at radius 2 is 1.71 bits per heavy atom. The molecule has 5 nitrogen and oxygen atoms in total. The second-order valence-corrected chi connectivity index (χ2v) is 9.09. The number of aliphatic carboxylic acids is 1. The smallest absolute Gasteiger partial charge is 0.305 e. The monoisotopic (exact) mass is 427 g/mol. The van der Waals surface area contributed by atoms with E-state index in [1.807, 2.05) is 6.92 Å². The summed E-state index contributed by atoms with van der Waals surface area (Å²) in [4.78, 5) is 11.6. The first-order valence-corrected chi connectivity index (χ1v) is 10.7. The van der Waals surface area contributed by atoms with Gasteiger partial charge in [0, 0.05) is 5.02 Å². The number of hydrogen-bond donors (Lipinski definition) is 1. The van der Waals surface area contributed by atoms with Crippen molar-refractivity contribution in [3.63, 3.8) is 0 Å². The molecule has 0 radical (unpaired) electrons. The van der Waals surface area contributed by atoms with Gasteiger partial charge in [-0.2, -0.15) is 0 Å². The van der Waals surface area contributed by atoms with Crippen LogP contribution in [0.5, 0.6) is 0 Å². The molecule has 1 unspecified atom stereocenters. The molecule has 0 spiro atoms. The number of unbranched alkanes of at least 4 members (excludes halogenated alkanes) is 1. The Balaban J connectivity index is 2.68. The number of nitrogens with zero attached hydrogens (tertiary/aromatic N) is 1. The number of carbonyl (C=O) groups is 1. The summed E-state index contributed by atoms with van der Waals surface area (Å²) in [5.41, 5.74) is -1.03. The third-order valence-electron chi connectivity index (χ3n) is 4.50. The predicted molar refractivity (Wildman–Crippen MR) is 108 cm³/mol. The summed E-state index contributed by atoms with van der Waals surface area (Å²) in [7, 11) is -4.13. The molecule has 0 bridgehead atoms. The molecule has 0 saturated heterocycles. The highest BCUT2D eigenvalue weighted by Crippen LogP contribution is 2.37. The van der Waals surface area contributed by atoms with Crippen LogP contribution in [0.25, 0.3) is 0 Å². The second-order valence-electron chi connectivity index (χ2n) is 6.87. The Labute approximate surface area is 169 Å². The zero-order chi connectivity index (χ0) is 20.9. The molecule has 2 aromatic carbocycles. The van der Waals surface area contributed by atoms with Gasteiger partial charge in [-0.05, 0) is 61.9 Å². The van der Waals surface area contributed by atoms with E-state index in [4.69, 9.17) is 11.6 Å². The highest BCUT2D eigenvalue weighted by atomic mass is 35.5. The highest BCUT2D eigenvalue weighted by Gasteiger charge is 2.42. The van der Waals surface area contributed by atoms with Gasteiger partial charge in [-0.1, -0.05) is 31.4 Å². The molecular weight excluding hydrogens is 405 g/mol. The van der Waals surface area contributed by atoms with Crippen molar-refractivity contribution in [3.05, 3.63) is 59.4 Å². The number of carboxylic acids is 1. The Hall–Kier alpha value is -2.12. The fourth-order valence-electron chi connectivity index (χ4n) is 3.17. The molecule has 0 aliphatic carbocycles. The minimum Gasteiger partial charge on any atom is -0.481 e. The van der Waals surface area contributed by atoms with E-state index in [0.29, 0.717) is 17.9 Å². The van der Waals surface area contributed by atoms with Gasteiger partial charge in [-0.3, -0.25) is 9.10 Å². The van der Waals surface area contributed by atoms with Gasteiger partial charge in [-0.25, -0.2) is 12.8 Å². The molecule has 0 aromatic heterocycles. The third kappa shape index (κ3) is 5.02. The fraction of sp³-hybridized carbons (Fsp3) is 0.350. The lowest BCUT2D eigenvalue weighted by Gasteiger charge is -2.41. The van der Waals surface area contributed by atoms with Gasteiger partial charge in [0.2, 0.25) is 0 Å². The molecule has 0 amide bonds. The summed E-state index contributed by atoms with van der Waals surface area (Å²) in [6, 6.07) is 10.6. The van der Waals surface area contributed by atoms with Crippen LogP contribution in [0.1, 0.15) is 39.5 Å². The first-order chi connectivity index (χ1) is 13.1. The second kappa shape index (κ2) is 8.92. The number of carboxylic acid groups (broad SMARTS) is 1. The molecule has 0 aliphatic heterocycles. The number of rotatable bonds is 9. The number of anilines is 1. The maximum Gasteiger partial charge on any atom is 0.305 e. The van der Waals surface area contributed by atoms with Crippen molar-refractivity contribution in [2.75, 3.05) is 4.31 Å². The Kier molecular flexibility index (Phi) is 7.06. The third-order valence-corrected chi connectivity index (χ3v) is 6.76. The molecule has 0 heterocycles. The predicted octanol–water partition coefficient (Wildman–Crippen LogP) is 5.10. The van der Waals surface area contributed by atoms with Crippen molar-refractivity contribution in [1.29, 1.82) is 0 Å². The van der Waals surface area contributed by atoms with Crippen molar-refractivity contribution in [3.8, 4) is 0 Å². The topological polar surface area (TPSA) is 74.7 Å². The zero-order valence-corrected chi connectivity index (χ0v) is 17.3. The quantitative estimate of drug-likeness (QED) is 0.604. The molecular formula is C20H23ClFNO4S. The standard InChI is InChI=1S/C20H23ClFNO4S/c1-3-4-13-20(2,14-19(24)25)23(17-9-7-16(22)8-10-17)28(26,27)18-11-5-15(21)6-12-18/h5-12H,3-4,13-14H2,1-2H3,(H,24,25). The first kappa shape index (κ1) is 22.2. The Morgan fingerprint density at radius 1 is 1.14 bits per heavy atom. The molecule has 0 fully saturated rings. The largest absolute Gasteiger partial charge is 0.481 e. The lowest BCUT2D eigenvalue weighted by molar-refractivity contribution is -0.138. The minimum atomic E-state index is -4.13. The van der Waals surface area contributed by atoms with E-state index >= 15 is 0 Å². The van der Waals surface area contributed by atoms with Crippen molar-refractivity contribution < 1.29 is 22.7 Å². The van der Waals surface area contributed by atoms with Gasteiger partial charge in [0.1, 0.15) is 5.82 Å². The van der Waals surface area contributed by atoms with E-state index in [9.17, 15) is 22.7 Å². The Bertz CT molecular complexity index is 916. The number of sulfonamides is 1. The lowest BCUT2D eigenvalue weighted by atomic mass is 9.90. The van der Waals surface area contributed by atoms with Gasteiger partial charge < -0.3 is 5.11 Å². The van der Waals surface area contributed by atoms with Crippen LogP contribution in [0.3, 0.4) is 0 Å². The van der Waals surface area contributed by atoms with E-state index in [1.165, 1.54) is 36.4 Å². The molecule has 28 heavy (non-hydrogen) atoms. The van der Waals surface area contributed by atoms with Crippen LogP contribution in [-0.4, -0.2) is 25.0 Å². The van der Waals surface area contributed by atoms with E-state index in [1.54, 1.807) is 6.92 Å². The van der Waals surface area contributed by atoms with Crippen LogP contribution in [0.15, 0.2) is 53.4 Å². The van der Waals surface area contributed by atoms with E-state index in [0.717, 1.165) is 22.9 Å². The van der Waals surface area contributed by atoms with Crippen LogP contribution >= 0.6 is 11.6 Å². The summed E-state index contributed by atoms with van der Waals surface area (Å²) in [6.45, 7) is 3.55. The van der Waals surface area contributed by atoms with Crippen LogP contribution in [0.4, 0.5) is 10.1 Å². The Morgan fingerprint density at radius 3 is 2.21 bits per heavy atom. The maximum absolute atomic E-state index is 13.5. The summed E-state index contributed by atoms with van der Waals surface area (Å²) >= 11 is 5.88. The van der Waals surface area contributed by atoms with Crippen LogP contribution < -0.4 is 4.31 Å². The van der Waals surface area contributed by atoms with Crippen molar-refractivity contribution in [1.82, 2.24) is 0 Å². The van der Waals surface area contributed by atoms with Crippen molar-refractivity contribution >= 4 is 33.3 Å². The zero-order valence-electron chi connectivity index (χ0n) is 15.7. The number of benzene rings is 2. The minimum absolute atomic E-state index is 0.0191. The van der Waals surface area contributed by atoms with Gasteiger partial charge >= 0.3 is 5.97 Å². The van der Waals surface area contributed by atoms with Crippen LogP contribution in [0.2, 0.25) is 5.02 Å². The normalized spacial score (nSPS) is 13.7. The van der Waals surface area contributed by atoms with Gasteiger partial charge in [0.25, 0.3) is 10.0 Å². The van der Waals surface area contributed by atoms with E-state index < -0.39 is 33.8 Å². The molecule has 152 valence electrons. The molecule has 1 atom stereocenters. The van der Waals surface area contributed by atoms with Crippen LogP contribution in [-0.2, 0) is 14.8 Å². The maximum atomic E-state index is 13.5. The summed E-state index contributed by atoms with van der Waals surface area (Å²) in [6.07, 6.45) is 1.35. The SMILES string of the molecule is CCCCC(C)(CC(=O)O)N(c1ccc(F)cc1)S(=O)(=O)c1ccc(Cl)cc1. The van der Waals surface area contributed by atoms with Gasteiger partial charge in [0.05, 0.1) is 22.5 Å². The summed E-state index contributed by atoms with van der Waals surface area (Å²) in [5, 5.41) is 9.84. The van der Waals surface area contributed by atoms with E-state index in [-0.39, 0.29) is 10.6 Å². The van der Waals surface area contributed by atoms with Gasteiger partial charge in [0.15, 0.2) is 0 Å². The number of halogens is 2. The van der Waals surface area contributed by atoms with Crippen molar-refractivity contribution in [2.45, 2.75) is 50.0 Å². The average molecular weight is 428 g/mol. The van der Waals surface area contributed by atoms with Crippen molar-refractivity contribution in [2.24, 2.45) is 0 Å². The fourth-order valence-corrected chi connectivity index (χ4v) is 5.13. The molecule has 0 saturated carbocycles. The summed E-state index contributed by atoms with van der Waals surface area (Å²) in [5.74, 6) is -1.63. The first-order valence-electron chi connectivity index (χ1n) is 8.88. The highest BCUT2D eigenvalue weighted by molar-refractivity contribution is 7.93. The van der Waals surface area contributed by atoms with E-state index in [2.05, 4.69) is 0 Å².